The highest BCUT2D eigenvalue weighted by atomic mass is 32.2. The van der Waals surface area contributed by atoms with Crippen LogP contribution in [0.25, 0.3) is 0 Å². The smallest absolute Gasteiger partial charge is 0.219 e. The summed E-state index contributed by atoms with van der Waals surface area (Å²) < 4.78 is 0. The maximum atomic E-state index is 11.4. The molecule has 0 bridgehead atoms. The van der Waals surface area contributed by atoms with Gasteiger partial charge in [0.2, 0.25) is 5.91 Å². The second-order valence-electron chi connectivity index (χ2n) is 3.90. The van der Waals surface area contributed by atoms with Crippen molar-refractivity contribution in [2.45, 2.75) is 25.3 Å². The lowest BCUT2D eigenvalue weighted by Crippen LogP contribution is -2.29. The molecule has 2 rings (SSSR count). The molecule has 2 nitrogen and oxygen atoms in total. The van der Waals surface area contributed by atoms with Crippen molar-refractivity contribution in [3.05, 3.63) is 29.3 Å². The number of carbonyl (C=O) groups excluding carboxylic acids is 1. The second-order valence-corrected chi connectivity index (χ2v) is 5.04. The Balaban J connectivity index is 2.31. The third kappa shape index (κ3) is 2.34. The van der Waals surface area contributed by atoms with Gasteiger partial charge in [0.1, 0.15) is 0 Å². The van der Waals surface area contributed by atoms with Crippen molar-refractivity contribution < 1.29 is 4.79 Å². The third-order valence-electron chi connectivity index (χ3n) is 2.64. The lowest BCUT2D eigenvalue weighted by Gasteiger charge is -2.18. The highest BCUT2D eigenvalue weighted by Gasteiger charge is 2.16. The topological polar surface area (TPSA) is 20.3 Å². The van der Waals surface area contributed by atoms with E-state index in [1.807, 2.05) is 16.7 Å². The normalized spacial score (nSPS) is 15.7. The Kier molecular flexibility index (Phi) is 3.00. The van der Waals surface area contributed by atoms with Crippen molar-refractivity contribution >= 4 is 17.7 Å². The maximum absolute atomic E-state index is 11.4. The molecule has 0 fully saturated rings. The fraction of sp³-hybridized carbons (Fsp3) is 0.417. The highest BCUT2D eigenvalue weighted by molar-refractivity contribution is 7.99. The molecule has 3 heteroatoms. The number of amides is 1. The summed E-state index contributed by atoms with van der Waals surface area (Å²) in [6, 6.07) is 6.48. The summed E-state index contributed by atoms with van der Waals surface area (Å²) in [6.45, 7) is 5.35. The van der Waals surface area contributed by atoms with Gasteiger partial charge in [0.05, 0.1) is 0 Å². The molecule has 1 aliphatic rings. The maximum Gasteiger partial charge on any atom is 0.219 e. The minimum atomic E-state index is 0.171. The zero-order valence-corrected chi connectivity index (χ0v) is 9.93. The molecule has 1 aromatic carbocycles. The minimum absolute atomic E-state index is 0.171. The Hall–Kier alpha value is -0.960. The number of benzene rings is 1. The molecule has 0 atom stereocenters. The standard InChI is InChI=1S/C12H15NOS/c1-9-3-4-12-11(7-9)8-13(10(2)14)5-6-15-12/h3-4,7H,5-6,8H2,1-2H3. The van der Waals surface area contributed by atoms with Gasteiger partial charge in [-0.25, -0.2) is 0 Å². The van der Waals surface area contributed by atoms with Crippen LogP contribution in [0.4, 0.5) is 0 Å². The lowest BCUT2D eigenvalue weighted by molar-refractivity contribution is -0.129. The average Bonchev–Trinajstić information content (AvgIpc) is 2.39. The molecular weight excluding hydrogens is 206 g/mol. The van der Waals surface area contributed by atoms with E-state index in [1.165, 1.54) is 16.0 Å². The molecule has 0 aliphatic carbocycles. The van der Waals surface area contributed by atoms with Gasteiger partial charge in [-0.1, -0.05) is 17.7 Å². The van der Waals surface area contributed by atoms with E-state index in [0.717, 1.165) is 18.8 Å². The fourth-order valence-electron chi connectivity index (χ4n) is 1.79. The van der Waals surface area contributed by atoms with Gasteiger partial charge in [-0.2, -0.15) is 0 Å². The van der Waals surface area contributed by atoms with Gasteiger partial charge in [-0.3, -0.25) is 4.79 Å². The molecule has 1 amide bonds. The molecule has 0 N–H and O–H groups in total. The Bertz CT molecular complexity index is 389. The highest BCUT2D eigenvalue weighted by Crippen LogP contribution is 2.28. The Morgan fingerprint density at radius 2 is 2.27 bits per heavy atom. The zero-order valence-electron chi connectivity index (χ0n) is 9.12. The zero-order chi connectivity index (χ0) is 10.8. The van der Waals surface area contributed by atoms with Crippen LogP contribution in [0.5, 0.6) is 0 Å². The summed E-state index contributed by atoms with van der Waals surface area (Å²) in [6.07, 6.45) is 0. The monoisotopic (exact) mass is 221 g/mol. The minimum Gasteiger partial charge on any atom is -0.338 e. The molecule has 0 radical (unpaired) electrons. The number of carbonyl (C=O) groups is 1. The third-order valence-corrected chi connectivity index (χ3v) is 3.74. The summed E-state index contributed by atoms with van der Waals surface area (Å²) in [7, 11) is 0. The first kappa shape index (κ1) is 10.6. The van der Waals surface area contributed by atoms with E-state index >= 15 is 0 Å². The van der Waals surface area contributed by atoms with Crippen LogP contribution in [-0.4, -0.2) is 23.1 Å². The second kappa shape index (κ2) is 4.27. The van der Waals surface area contributed by atoms with E-state index in [2.05, 4.69) is 25.1 Å². The fourth-order valence-corrected chi connectivity index (χ4v) is 2.80. The van der Waals surface area contributed by atoms with Crippen molar-refractivity contribution in [3.63, 3.8) is 0 Å². The predicted octanol–water partition coefficient (Wildman–Crippen LogP) is 2.45. The first-order valence-corrected chi connectivity index (χ1v) is 6.13. The Morgan fingerprint density at radius 1 is 1.47 bits per heavy atom. The number of rotatable bonds is 0. The van der Waals surface area contributed by atoms with E-state index in [-0.39, 0.29) is 5.91 Å². The van der Waals surface area contributed by atoms with Gasteiger partial charge < -0.3 is 4.90 Å². The van der Waals surface area contributed by atoms with Crippen LogP contribution in [0.2, 0.25) is 0 Å². The predicted molar refractivity (Wildman–Crippen MR) is 63.0 cm³/mol. The molecule has 0 saturated carbocycles. The van der Waals surface area contributed by atoms with Gasteiger partial charge in [0.25, 0.3) is 0 Å². The summed E-state index contributed by atoms with van der Waals surface area (Å²) in [5.41, 5.74) is 2.55. The molecule has 1 aliphatic heterocycles. The quantitative estimate of drug-likeness (QED) is 0.670. The molecule has 0 unspecified atom stereocenters. The summed E-state index contributed by atoms with van der Waals surface area (Å²) in [5, 5.41) is 0. The molecule has 0 spiro atoms. The number of nitrogens with zero attached hydrogens (tertiary/aromatic N) is 1. The van der Waals surface area contributed by atoms with Crippen LogP contribution >= 0.6 is 11.8 Å². The first-order chi connectivity index (χ1) is 7.16. The van der Waals surface area contributed by atoms with Gasteiger partial charge >= 0.3 is 0 Å². The molecule has 0 aromatic heterocycles. The molecule has 0 saturated heterocycles. The van der Waals surface area contributed by atoms with E-state index in [1.54, 1.807) is 6.92 Å². The van der Waals surface area contributed by atoms with Crippen LogP contribution < -0.4 is 0 Å². The number of hydrogen-bond donors (Lipinski definition) is 0. The van der Waals surface area contributed by atoms with Gasteiger partial charge in [0.15, 0.2) is 0 Å². The van der Waals surface area contributed by atoms with Crippen molar-refractivity contribution in [2.75, 3.05) is 12.3 Å². The molecule has 80 valence electrons. The van der Waals surface area contributed by atoms with Crippen molar-refractivity contribution in [1.82, 2.24) is 4.90 Å². The van der Waals surface area contributed by atoms with Crippen LogP contribution in [-0.2, 0) is 11.3 Å². The van der Waals surface area contributed by atoms with Crippen LogP contribution in [0, 0.1) is 6.92 Å². The number of aryl methyl sites for hydroxylation is 1. The van der Waals surface area contributed by atoms with Crippen molar-refractivity contribution in [2.24, 2.45) is 0 Å². The van der Waals surface area contributed by atoms with Crippen LogP contribution in [0.15, 0.2) is 23.1 Å². The van der Waals surface area contributed by atoms with Gasteiger partial charge in [0, 0.05) is 30.7 Å². The largest absolute Gasteiger partial charge is 0.338 e. The van der Waals surface area contributed by atoms with E-state index in [4.69, 9.17) is 0 Å². The first-order valence-electron chi connectivity index (χ1n) is 5.14. The summed E-state index contributed by atoms with van der Waals surface area (Å²) >= 11 is 1.85. The number of thioether (sulfide) groups is 1. The van der Waals surface area contributed by atoms with Crippen molar-refractivity contribution in [3.8, 4) is 0 Å². The summed E-state index contributed by atoms with van der Waals surface area (Å²) in [4.78, 5) is 14.6. The Morgan fingerprint density at radius 3 is 3.00 bits per heavy atom. The lowest BCUT2D eigenvalue weighted by atomic mass is 10.1. The Labute approximate surface area is 94.7 Å². The molecule has 1 aromatic rings. The van der Waals surface area contributed by atoms with Crippen LogP contribution in [0.1, 0.15) is 18.1 Å². The van der Waals surface area contributed by atoms with E-state index < -0.39 is 0 Å². The van der Waals surface area contributed by atoms with Gasteiger partial charge in [-0.05, 0) is 18.6 Å². The number of hydrogen-bond acceptors (Lipinski definition) is 2. The number of fused-ring (bicyclic) bond motifs is 1. The molecule has 1 heterocycles. The molecular formula is C12H15NOS. The SMILES string of the molecule is CC(=O)N1CCSc2ccc(C)cc2C1. The van der Waals surface area contributed by atoms with E-state index in [9.17, 15) is 4.79 Å². The molecule has 15 heavy (non-hydrogen) atoms. The average molecular weight is 221 g/mol. The van der Waals surface area contributed by atoms with E-state index in [0.29, 0.717) is 0 Å². The van der Waals surface area contributed by atoms with Gasteiger partial charge in [-0.15, -0.1) is 11.8 Å². The van der Waals surface area contributed by atoms with Crippen LogP contribution in [0.3, 0.4) is 0 Å². The summed E-state index contributed by atoms with van der Waals surface area (Å²) in [5.74, 6) is 1.17. The van der Waals surface area contributed by atoms with Crippen molar-refractivity contribution in [1.29, 1.82) is 0 Å².